The third kappa shape index (κ3) is 4.68. The summed E-state index contributed by atoms with van der Waals surface area (Å²) in [5.41, 5.74) is 4.50. The Labute approximate surface area is 196 Å². The molecule has 7 heteroatoms. The van der Waals surface area contributed by atoms with Crippen LogP contribution >= 0.6 is 0 Å². The van der Waals surface area contributed by atoms with E-state index in [4.69, 9.17) is 14.2 Å². The number of carbonyl (C=O) groups excluding carboxylic acids is 2. The van der Waals surface area contributed by atoms with Crippen molar-refractivity contribution < 1.29 is 33.7 Å². The number of carboxylic acid groups (broad SMARTS) is 1. The largest absolute Gasteiger partial charge is 0.490 e. The Morgan fingerprint density at radius 1 is 0.882 bits per heavy atom. The molecule has 0 saturated carbocycles. The molecule has 0 saturated heterocycles. The molecule has 1 atom stereocenters. The van der Waals surface area contributed by atoms with Crippen molar-refractivity contribution in [3.05, 3.63) is 95.6 Å². The van der Waals surface area contributed by atoms with E-state index in [0.29, 0.717) is 17.1 Å². The third-order valence-electron chi connectivity index (χ3n) is 5.61. The number of fused-ring (bicyclic) bond motifs is 3. The summed E-state index contributed by atoms with van der Waals surface area (Å²) in [6, 6.07) is 17.0. The Hall–Kier alpha value is -4.39. The van der Waals surface area contributed by atoms with E-state index >= 15 is 0 Å². The Morgan fingerprint density at radius 2 is 1.50 bits per heavy atom. The molecule has 3 aromatic carbocycles. The van der Waals surface area contributed by atoms with Gasteiger partial charge in [-0.25, -0.2) is 14.4 Å². The van der Waals surface area contributed by atoms with Crippen molar-refractivity contribution in [2.75, 3.05) is 13.2 Å². The van der Waals surface area contributed by atoms with Gasteiger partial charge in [0.1, 0.15) is 24.7 Å². The van der Waals surface area contributed by atoms with Crippen LogP contribution in [0, 0.1) is 0 Å². The van der Waals surface area contributed by atoms with Gasteiger partial charge in [0.15, 0.2) is 0 Å². The molecule has 34 heavy (non-hydrogen) atoms. The highest BCUT2D eigenvalue weighted by molar-refractivity contribution is 5.92. The average Bonchev–Trinajstić information content (AvgIpc) is 3.12. The van der Waals surface area contributed by atoms with Crippen molar-refractivity contribution in [3.63, 3.8) is 0 Å². The van der Waals surface area contributed by atoms with Crippen LogP contribution in [0.4, 0.5) is 0 Å². The van der Waals surface area contributed by atoms with Crippen LogP contribution < -0.4 is 9.47 Å². The minimum Gasteiger partial charge on any atom is -0.490 e. The Bertz CT molecular complexity index is 1270. The lowest BCUT2D eigenvalue weighted by molar-refractivity contribution is -0.138. The molecule has 0 amide bonds. The van der Waals surface area contributed by atoms with Gasteiger partial charge in [-0.1, -0.05) is 25.6 Å². The number of ether oxygens (including phenoxy) is 3. The zero-order chi connectivity index (χ0) is 24.2. The number of rotatable bonds is 8. The number of benzene rings is 3. The predicted molar refractivity (Wildman–Crippen MR) is 124 cm³/mol. The lowest BCUT2D eigenvalue weighted by Crippen LogP contribution is -2.11. The summed E-state index contributed by atoms with van der Waals surface area (Å²) in [5, 5.41) is 9.28. The molecule has 1 N–H and O–H groups in total. The minimum absolute atomic E-state index is 0.0230. The molecule has 0 aromatic heterocycles. The molecule has 7 nitrogen and oxygen atoms in total. The van der Waals surface area contributed by atoms with Crippen molar-refractivity contribution in [2.45, 2.75) is 12.8 Å². The van der Waals surface area contributed by atoms with Crippen LogP contribution in [-0.4, -0.2) is 36.2 Å². The molecule has 0 spiro atoms. The third-order valence-corrected chi connectivity index (χ3v) is 5.61. The van der Waals surface area contributed by atoms with Gasteiger partial charge in [-0.3, -0.25) is 0 Å². The van der Waals surface area contributed by atoms with Crippen molar-refractivity contribution in [1.82, 2.24) is 0 Å². The highest BCUT2D eigenvalue weighted by Crippen LogP contribution is 2.46. The van der Waals surface area contributed by atoms with E-state index in [1.54, 1.807) is 42.5 Å². The van der Waals surface area contributed by atoms with Crippen LogP contribution in [-0.2, 0) is 9.53 Å². The molecule has 0 radical (unpaired) electrons. The first-order valence-electron chi connectivity index (χ1n) is 10.6. The highest BCUT2D eigenvalue weighted by Gasteiger charge is 2.27. The predicted octanol–water partition coefficient (Wildman–Crippen LogP) is 4.84. The van der Waals surface area contributed by atoms with E-state index in [0.717, 1.165) is 28.3 Å². The van der Waals surface area contributed by atoms with Gasteiger partial charge >= 0.3 is 17.9 Å². The Morgan fingerprint density at radius 3 is 2.18 bits per heavy atom. The van der Waals surface area contributed by atoms with Crippen LogP contribution in [0.2, 0.25) is 0 Å². The zero-order valence-corrected chi connectivity index (χ0v) is 18.4. The smallest absolute Gasteiger partial charge is 0.343 e. The van der Waals surface area contributed by atoms with Crippen LogP contribution in [0.3, 0.4) is 0 Å². The van der Waals surface area contributed by atoms with E-state index in [1.165, 1.54) is 0 Å². The number of esters is 2. The number of aromatic carboxylic acids is 1. The summed E-state index contributed by atoms with van der Waals surface area (Å²) in [5.74, 6) is -1.08. The minimum atomic E-state index is -0.965. The average molecular weight is 458 g/mol. The van der Waals surface area contributed by atoms with Gasteiger partial charge in [0.25, 0.3) is 0 Å². The van der Waals surface area contributed by atoms with E-state index in [-0.39, 0.29) is 24.7 Å². The molecule has 0 bridgehead atoms. The van der Waals surface area contributed by atoms with E-state index in [1.807, 2.05) is 25.1 Å². The summed E-state index contributed by atoms with van der Waals surface area (Å²) >= 11 is 0. The van der Waals surface area contributed by atoms with Crippen molar-refractivity contribution in [2.24, 2.45) is 0 Å². The maximum Gasteiger partial charge on any atom is 0.343 e. The molecular weight excluding hydrogens is 436 g/mol. The number of hydrogen-bond donors (Lipinski definition) is 1. The topological polar surface area (TPSA) is 99.1 Å². The van der Waals surface area contributed by atoms with Crippen molar-refractivity contribution in [1.29, 1.82) is 0 Å². The molecular formula is C27H22O7. The van der Waals surface area contributed by atoms with E-state index in [2.05, 4.69) is 6.58 Å². The van der Waals surface area contributed by atoms with Crippen LogP contribution in [0.1, 0.15) is 44.7 Å². The fourth-order valence-electron chi connectivity index (χ4n) is 3.89. The second kappa shape index (κ2) is 9.62. The van der Waals surface area contributed by atoms with E-state index in [9.17, 15) is 19.5 Å². The van der Waals surface area contributed by atoms with Gasteiger partial charge < -0.3 is 19.3 Å². The first kappa shape index (κ1) is 22.8. The van der Waals surface area contributed by atoms with Crippen LogP contribution in [0.25, 0.3) is 11.1 Å². The molecule has 0 aliphatic heterocycles. The molecule has 1 aliphatic carbocycles. The van der Waals surface area contributed by atoms with E-state index < -0.39 is 17.9 Å². The number of carbonyl (C=O) groups is 3. The molecule has 172 valence electrons. The molecule has 1 unspecified atom stereocenters. The normalized spacial score (nSPS) is 13.4. The Balaban J connectivity index is 1.41. The first-order valence-corrected chi connectivity index (χ1v) is 10.6. The maximum atomic E-state index is 12.6. The van der Waals surface area contributed by atoms with Crippen LogP contribution in [0.5, 0.6) is 11.5 Å². The summed E-state index contributed by atoms with van der Waals surface area (Å²) in [4.78, 5) is 34.9. The van der Waals surface area contributed by atoms with Crippen molar-refractivity contribution in [3.8, 4) is 22.6 Å². The van der Waals surface area contributed by atoms with Gasteiger partial charge in [0, 0.05) is 12.0 Å². The molecule has 4 rings (SSSR count). The second-order valence-corrected chi connectivity index (χ2v) is 7.71. The summed E-state index contributed by atoms with van der Waals surface area (Å²) in [6.07, 6.45) is 1.08. The Kier molecular flexibility index (Phi) is 6.45. The number of hydrogen-bond acceptors (Lipinski definition) is 6. The standard InChI is InChI=1S/C27H22O7/c1-3-25(28)33-13-12-32-19-7-4-17(5-8-19)27(31)34-20-9-11-22-21-10-6-18(26(29)30)14-23(21)16(2)24(22)15-20/h3-11,14-16H,1,12-13H2,2H3,(H,29,30). The monoisotopic (exact) mass is 458 g/mol. The zero-order valence-electron chi connectivity index (χ0n) is 18.4. The summed E-state index contributed by atoms with van der Waals surface area (Å²) in [6.45, 7) is 5.58. The second-order valence-electron chi connectivity index (χ2n) is 7.71. The van der Waals surface area contributed by atoms with Gasteiger partial charge in [0.05, 0.1) is 11.1 Å². The highest BCUT2D eigenvalue weighted by atomic mass is 16.6. The molecule has 0 heterocycles. The van der Waals surface area contributed by atoms with Crippen LogP contribution in [0.15, 0.2) is 73.3 Å². The fourth-order valence-corrected chi connectivity index (χ4v) is 3.89. The van der Waals surface area contributed by atoms with Gasteiger partial charge in [0.2, 0.25) is 0 Å². The fraction of sp³-hybridized carbons (Fsp3) is 0.148. The summed E-state index contributed by atoms with van der Waals surface area (Å²) in [7, 11) is 0. The maximum absolute atomic E-state index is 12.6. The van der Waals surface area contributed by atoms with Crippen molar-refractivity contribution >= 4 is 17.9 Å². The van der Waals surface area contributed by atoms with Gasteiger partial charge in [-0.15, -0.1) is 0 Å². The quantitative estimate of drug-likeness (QED) is 0.223. The summed E-state index contributed by atoms with van der Waals surface area (Å²) < 4.78 is 15.9. The molecule has 3 aromatic rings. The lowest BCUT2D eigenvalue weighted by atomic mass is 9.98. The number of carboxylic acids is 1. The first-order chi connectivity index (χ1) is 16.4. The molecule has 1 aliphatic rings. The van der Waals surface area contributed by atoms with Gasteiger partial charge in [-0.05, 0) is 70.8 Å². The van der Waals surface area contributed by atoms with Gasteiger partial charge in [-0.2, -0.15) is 0 Å². The lowest BCUT2D eigenvalue weighted by Gasteiger charge is -2.10. The molecule has 0 fully saturated rings. The SMILES string of the molecule is C=CC(=O)OCCOc1ccc(C(=O)Oc2ccc3c(c2)C(C)c2cc(C(=O)O)ccc2-3)cc1.